The predicted molar refractivity (Wildman–Crippen MR) is 82.2 cm³/mol. The third kappa shape index (κ3) is 2.18. The summed E-state index contributed by atoms with van der Waals surface area (Å²) >= 11 is 0. The first-order valence-corrected chi connectivity index (χ1v) is 6.54. The van der Waals surface area contributed by atoms with Gasteiger partial charge in [-0.1, -0.05) is 36.4 Å². The Balaban J connectivity index is 2.10. The van der Waals surface area contributed by atoms with Crippen molar-refractivity contribution in [1.29, 1.82) is 0 Å². The van der Waals surface area contributed by atoms with Gasteiger partial charge in [-0.3, -0.25) is 4.79 Å². The zero-order valence-corrected chi connectivity index (χ0v) is 11.6. The second-order valence-corrected chi connectivity index (χ2v) is 5.09. The highest BCUT2D eigenvalue weighted by Crippen LogP contribution is 2.35. The minimum Gasteiger partial charge on any atom is -0.383 e. The van der Waals surface area contributed by atoms with Gasteiger partial charge in [0.05, 0.1) is 5.57 Å². The van der Waals surface area contributed by atoms with Crippen LogP contribution in [-0.4, -0.2) is 24.9 Å². The lowest BCUT2D eigenvalue weighted by molar-refractivity contribution is -0.110. The maximum Gasteiger partial charge on any atom is 0.257 e. The molecule has 1 amide bonds. The summed E-state index contributed by atoms with van der Waals surface area (Å²) in [5.74, 6) is -0.0427. The van der Waals surface area contributed by atoms with Gasteiger partial charge in [0.15, 0.2) is 0 Å². The molecule has 3 nitrogen and oxygen atoms in total. The Morgan fingerprint density at radius 3 is 2.45 bits per heavy atom. The summed E-state index contributed by atoms with van der Waals surface area (Å²) in [5.41, 5.74) is 4.82. The first-order valence-electron chi connectivity index (χ1n) is 6.54. The minimum atomic E-state index is -0.0427. The molecule has 1 N–H and O–H groups in total. The van der Waals surface area contributed by atoms with Crippen molar-refractivity contribution in [3.05, 3.63) is 60.3 Å². The summed E-state index contributed by atoms with van der Waals surface area (Å²) in [5, 5.41) is 2.90. The zero-order chi connectivity index (χ0) is 14.1. The van der Waals surface area contributed by atoms with E-state index in [2.05, 4.69) is 23.5 Å². The van der Waals surface area contributed by atoms with Crippen LogP contribution in [0.5, 0.6) is 0 Å². The van der Waals surface area contributed by atoms with Gasteiger partial charge in [-0.25, -0.2) is 0 Å². The van der Waals surface area contributed by atoms with Crippen molar-refractivity contribution in [3.8, 4) is 11.1 Å². The number of hydrogen-bond acceptors (Lipinski definition) is 2. The van der Waals surface area contributed by atoms with Crippen molar-refractivity contribution in [2.75, 3.05) is 19.4 Å². The molecule has 100 valence electrons. The number of fused-ring (bicyclic) bond motifs is 1. The lowest BCUT2D eigenvalue weighted by Crippen LogP contribution is -2.08. The normalized spacial score (nSPS) is 15.1. The van der Waals surface area contributed by atoms with Gasteiger partial charge in [0, 0.05) is 31.5 Å². The lowest BCUT2D eigenvalue weighted by atomic mass is 10.00. The Morgan fingerprint density at radius 1 is 1.00 bits per heavy atom. The van der Waals surface area contributed by atoms with Crippen LogP contribution in [0.1, 0.15) is 5.56 Å². The van der Waals surface area contributed by atoms with E-state index in [1.807, 2.05) is 55.5 Å². The van der Waals surface area contributed by atoms with Crippen LogP contribution in [0.3, 0.4) is 0 Å². The highest BCUT2D eigenvalue weighted by Gasteiger charge is 2.24. The Labute approximate surface area is 118 Å². The molecule has 3 heteroatoms. The van der Waals surface area contributed by atoms with E-state index in [9.17, 15) is 4.79 Å². The fraction of sp³-hybridized carbons (Fsp3) is 0.118. The molecule has 1 heterocycles. The van der Waals surface area contributed by atoms with Gasteiger partial charge in [-0.2, -0.15) is 0 Å². The van der Waals surface area contributed by atoms with Crippen molar-refractivity contribution >= 4 is 17.2 Å². The molecule has 0 fully saturated rings. The minimum absolute atomic E-state index is 0.0427. The molecule has 0 radical (unpaired) electrons. The molecular formula is C17H16N2O. The van der Waals surface area contributed by atoms with E-state index >= 15 is 0 Å². The van der Waals surface area contributed by atoms with E-state index in [0.717, 1.165) is 22.4 Å². The molecule has 0 saturated heterocycles. The summed E-state index contributed by atoms with van der Waals surface area (Å²) in [7, 11) is 3.83. The first kappa shape index (κ1) is 12.5. The second-order valence-electron chi connectivity index (χ2n) is 5.09. The van der Waals surface area contributed by atoms with E-state index < -0.39 is 0 Å². The molecule has 0 aliphatic carbocycles. The van der Waals surface area contributed by atoms with E-state index in [4.69, 9.17) is 0 Å². The largest absolute Gasteiger partial charge is 0.383 e. The predicted octanol–water partition coefficient (Wildman–Crippen LogP) is 3.21. The van der Waals surface area contributed by atoms with Crippen molar-refractivity contribution in [3.63, 3.8) is 0 Å². The first-order chi connectivity index (χ1) is 9.65. The third-order valence-electron chi connectivity index (χ3n) is 3.30. The van der Waals surface area contributed by atoms with Gasteiger partial charge in [0.1, 0.15) is 0 Å². The van der Waals surface area contributed by atoms with Crippen LogP contribution in [0.25, 0.3) is 16.7 Å². The number of rotatable bonds is 2. The number of carbonyl (C=O) groups is 1. The number of anilines is 1. The Hall–Kier alpha value is -2.55. The van der Waals surface area contributed by atoms with Gasteiger partial charge in [-0.15, -0.1) is 0 Å². The van der Waals surface area contributed by atoms with E-state index in [-0.39, 0.29) is 5.91 Å². The van der Waals surface area contributed by atoms with Gasteiger partial charge in [0.25, 0.3) is 5.91 Å². The molecule has 0 spiro atoms. The van der Waals surface area contributed by atoms with E-state index in [0.29, 0.717) is 5.57 Å². The molecular weight excluding hydrogens is 248 g/mol. The highest BCUT2D eigenvalue weighted by atomic mass is 16.2. The number of benzene rings is 2. The summed E-state index contributed by atoms with van der Waals surface area (Å²) in [4.78, 5) is 13.9. The molecule has 20 heavy (non-hydrogen) atoms. The van der Waals surface area contributed by atoms with E-state index in [1.54, 1.807) is 0 Å². The number of hydrogen-bond donors (Lipinski definition) is 1. The van der Waals surface area contributed by atoms with Crippen LogP contribution in [0.2, 0.25) is 0 Å². The monoisotopic (exact) mass is 264 g/mol. The molecule has 0 atom stereocenters. The van der Waals surface area contributed by atoms with Gasteiger partial charge >= 0.3 is 0 Å². The Kier molecular flexibility index (Phi) is 3.03. The molecule has 0 saturated carbocycles. The van der Waals surface area contributed by atoms with Gasteiger partial charge in [0.2, 0.25) is 0 Å². The summed E-state index contributed by atoms with van der Waals surface area (Å²) in [6, 6.07) is 16.2. The number of nitrogens with zero attached hydrogens (tertiary/aromatic N) is 1. The van der Waals surface area contributed by atoms with Crippen LogP contribution in [0.4, 0.5) is 5.69 Å². The van der Waals surface area contributed by atoms with Crippen LogP contribution >= 0.6 is 0 Å². The molecule has 1 aliphatic rings. The zero-order valence-electron chi connectivity index (χ0n) is 11.6. The summed E-state index contributed by atoms with van der Waals surface area (Å²) in [6.07, 6.45) is 1.86. The molecule has 2 aromatic rings. The molecule has 3 rings (SSSR count). The molecule has 0 aromatic heterocycles. The quantitative estimate of drug-likeness (QED) is 0.845. The smallest absolute Gasteiger partial charge is 0.257 e. The lowest BCUT2D eigenvalue weighted by Gasteiger charge is -2.08. The standard InChI is InChI=1S/C17H16N2O/c1-19(2)11-15-14-10-13(12-6-4-3-5-7-12)8-9-16(14)18-17(15)20/h3-11H,1-2H3,(H,18,20)/b15-11-. The maximum atomic E-state index is 12.0. The number of amides is 1. The van der Waals surface area contributed by atoms with Crippen molar-refractivity contribution in [1.82, 2.24) is 4.90 Å². The van der Waals surface area contributed by atoms with E-state index in [1.165, 1.54) is 0 Å². The molecule has 0 unspecified atom stereocenters. The van der Waals surface area contributed by atoms with Crippen LogP contribution in [0.15, 0.2) is 54.7 Å². The topological polar surface area (TPSA) is 32.3 Å². The fourth-order valence-corrected chi connectivity index (χ4v) is 2.38. The Morgan fingerprint density at radius 2 is 1.75 bits per heavy atom. The highest BCUT2D eigenvalue weighted by molar-refractivity contribution is 6.31. The van der Waals surface area contributed by atoms with Crippen molar-refractivity contribution in [2.45, 2.75) is 0 Å². The van der Waals surface area contributed by atoms with Crippen molar-refractivity contribution in [2.24, 2.45) is 0 Å². The molecule has 0 bridgehead atoms. The number of nitrogens with one attached hydrogen (secondary N) is 1. The second kappa shape index (κ2) is 4.85. The van der Waals surface area contributed by atoms with Crippen molar-refractivity contribution < 1.29 is 4.79 Å². The molecule has 2 aromatic carbocycles. The molecule has 1 aliphatic heterocycles. The summed E-state index contributed by atoms with van der Waals surface area (Å²) < 4.78 is 0. The maximum absolute atomic E-state index is 12.0. The average Bonchev–Trinajstić information content (AvgIpc) is 2.75. The van der Waals surface area contributed by atoms with Crippen LogP contribution in [-0.2, 0) is 4.79 Å². The van der Waals surface area contributed by atoms with Gasteiger partial charge in [-0.05, 0) is 23.3 Å². The Bertz CT molecular complexity index is 687. The average molecular weight is 264 g/mol. The fourth-order valence-electron chi connectivity index (χ4n) is 2.38. The van der Waals surface area contributed by atoms with Crippen LogP contribution in [0, 0.1) is 0 Å². The van der Waals surface area contributed by atoms with Crippen LogP contribution < -0.4 is 5.32 Å². The van der Waals surface area contributed by atoms with Gasteiger partial charge < -0.3 is 10.2 Å². The third-order valence-corrected chi connectivity index (χ3v) is 3.30. The number of carbonyl (C=O) groups excluding carboxylic acids is 1. The summed E-state index contributed by atoms with van der Waals surface area (Å²) in [6.45, 7) is 0. The SMILES string of the molecule is CN(C)/C=C1\C(=O)Nc2ccc(-c3ccccc3)cc21.